The number of esters is 1. The van der Waals surface area contributed by atoms with E-state index in [4.69, 9.17) is 9.47 Å². The molecule has 0 saturated carbocycles. The Morgan fingerprint density at radius 2 is 1.81 bits per heavy atom. The van der Waals surface area contributed by atoms with Gasteiger partial charge < -0.3 is 9.47 Å². The molecule has 0 spiro atoms. The van der Waals surface area contributed by atoms with Gasteiger partial charge in [-0.25, -0.2) is 0 Å². The van der Waals surface area contributed by atoms with Crippen LogP contribution in [0.25, 0.3) is 0 Å². The summed E-state index contributed by atoms with van der Waals surface area (Å²) in [6, 6.07) is 0. The molecule has 0 radical (unpaired) electrons. The Morgan fingerprint density at radius 3 is 2.52 bits per heavy atom. The summed E-state index contributed by atoms with van der Waals surface area (Å²) < 4.78 is 10.8. The summed E-state index contributed by atoms with van der Waals surface area (Å²) in [6.45, 7) is 3.75. The normalized spacial score (nSPS) is 18.0. The van der Waals surface area contributed by atoms with Crippen molar-refractivity contribution in [3.8, 4) is 0 Å². The molecule has 1 fully saturated rings. The molecule has 1 rings (SSSR count). The molecule has 124 valence electrons. The van der Waals surface area contributed by atoms with Crippen molar-refractivity contribution in [2.75, 3.05) is 13.2 Å². The van der Waals surface area contributed by atoms with E-state index in [1.54, 1.807) is 0 Å². The number of rotatable bonds is 13. The van der Waals surface area contributed by atoms with Crippen molar-refractivity contribution in [2.24, 2.45) is 0 Å². The third-order valence-corrected chi connectivity index (χ3v) is 4.19. The molecule has 0 bridgehead atoms. The first-order valence-corrected chi connectivity index (χ1v) is 9.10. The van der Waals surface area contributed by atoms with E-state index in [2.05, 4.69) is 6.92 Å². The highest BCUT2D eigenvalue weighted by Crippen LogP contribution is 2.17. The van der Waals surface area contributed by atoms with Crippen molar-refractivity contribution in [1.29, 1.82) is 0 Å². The van der Waals surface area contributed by atoms with E-state index in [9.17, 15) is 4.79 Å². The van der Waals surface area contributed by atoms with Crippen LogP contribution in [0, 0.1) is 0 Å². The second kappa shape index (κ2) is 13.1. The molecule has 3 heteroatoms. The van der Waals surface area contributed by atoms with E-state index < -0.39 is 0 Å². The number of hydrogen-bond acceptors (Lipinski definition) is 3. The van der Waals surface area contributed by atoms with Gasteiger partial charge in [0.15, 0.2) is 0 Å². The molecule has 0 amide bonds. The molecule has 0 aliphatic carbocycles. The van der Waals surface area contributed by atoms with Crippen molar-refractivity contribution >= 4 is 5.97 Å². The fourth-order valence-corrected chi connectivity index (χ4v) is 2.83. The highest BCUT2D eigenvalue weighted by Gasteiger charge is 2.14. The van der Waals surface area contributed by atoms with E-state index in [-0.39, 0.29) is 5.97 Å². The zero-order valence-corrected chi connectivity index (χ0v) is 13.9. The van der Waals surface area contributed by atoms with Crippen LogP contribution in [0.4, 0.5) is 0 Å². The highest BCUT2D eigenvalue weighted by atomic mass is 16.5. The molecule has 1 aliphatic heterocycles. The lowest BCUT2D eigenvalue weighted by Crippen LogP contribution is -2.08. The van der Waals surface area contributed by atoms with E-state index in [1.165, 1.54) is 44.9 Å². The van der Waals surface area contributed by atoms with Crippen LogP contribution in [0.5, 0.6) is 0 Å². The Hall–Kier alpha value is -0.570. The number of unbranched alkanes of at least 4 members (excludes halogenated alkanes) is 7. The first-order chi connectivity index (χ1) is 10.3. The van der Waals surface area contributed by atoms with Crippen molar-refractivity contribution in [2.45, 2.75) is 96.5 Å². The Balaban J connectivity index is 1.78. The zero-order valence-electron chi connectivity index (χ0n) is 13.9. The topological polar surface area (TPSA) is 35.5 Å². The van der Waals surface area contributed by atoms with Crippen molar-refractivity contribution < 1.29 is 14.3 Å². The van der Waals surface area contributed by atoms with Gasteiger partial charge in [0.05, 0.1) is 12.7 Å². The van der Waals surface area contributed by atoms with E-state index in [0.29, 0.717) is 19.1 Å². The fourth-order valence-electron chi connectivity index (χ4n) is 2.83. The zero-order chi connectivity index (χ0) is 15.2. The second-order valence-corrected chi connectivity index (χ2v) is 6.22. The summed E-state index contributed by atoms with van der Waals surface area (Å²) in [4.78, 5) is 11.6. The summed E-state index contributed by atoms with van der Waals surface area (Å²) in [5.74, 6) is -0.0133. The largest absolute Gasteiger partial charge is 0.466 e. The summed E-state index contributed by atoms with van der Waals surface area (Å²) in [6.07, 6.45) is 15.4. The molecular weight excluding hydrogens is 264 g/mol. The molecule has 3 nitrogen and oxygen atoms in total. The predicted octanol–water partition coefficient (Wildman–Crippen LogP) is 5.02. The van der Waals surface area contributed by atoms with Gasteiger partial charge in [0, 0.05) is 13.0 Å². The monoisotopic (exact) mass is 298 g/mol. The van der Waals surface area contributed by atoms with Gasteiger partial charge in [-0.15, -0.1) is 0 Å². The quantitative estimate of drug-likeness (QED) is 0.354. The Labute approximate surface area is 130 Å². The van der Waals surface area contributed by atoms with Gasteiger partial charge in [-0.1, -0.05) is 45.4 Å². The molecule has 1 atom stereocenters. The maximum atomic E-state index is 11.6. The minimum atomic E-state index is -0.0133. The summed E-state index contributed by atoms with van der Waals surface area (Å²) in [7, 11) is 0. The van der Waals surface area contributed by atoms with Crippen LogP contribution in [-0.2, 0) is 14.3 Å². The first kappa shape index (κ1) is 18.5. The average Bonchev–Trinajstić information content (AvgIpc) is 2.99. The Bertz CT molecular complexity index is 247. The van der Waals surface area contributed by atoms with Crippen LogP contribution in [0.1, 0.15) is 90.4 Å². The Morgan fingerprint density at radius 1 is 1.05 bits per heavy atom. The number of ether oxygens (including phenoxy) is 2. The van der Waals surface area contributed by atoms with Crippen LogP contribution in [-0.4, -0.2) is 25.3 Å². The van der Waals surface area contributed by atoms with E-state index in [0.717, 1.165) is 38.7 Å². The third-order valence-electron chi connectivity index (χ3n) is 4.19. The highest BCUT2D eigenvalue weighted by molar-refractivity contribution is 5.69. The summed E-state index contributed by atoms with van der Waals surface area (Å²) >= 11 is 0. The van der Waals surface area contributed by atoms with E-state index >= 15 is 0 Å². The van der Waals surface area contributed by atoms with Crippen LogP contribution in [0.15, 0.2) is 0 Å². The predicted molar refractivity (Wildman–Crippen MR) is 86.4 cm³/mol. The Kier molecular flexibility index (Phi) is 11.5. The van der Waals surface area contributed by atoms with Crippen LogP contribution < -0.4 is 0 Å². The maximum Gasteiger partial charge on any atom is 0.305 e. The van der Waals surface area contributed by atoms with Gasteiger partial charge in [-0.2, -0.15) is 0 Å². The smallest absolute Gasteiger partial charge is 0.305 e. The van der Waals surface area contributed by atoms with Gasteiger partial charge in [0.25, 0.3) is 0 Å². The van der Waals surface area contributed by atoms with Crippen molar-refractivity contribution in [3.63, 3.8) is 0 Å². The molecule has 0 N–H and O–H groups in total. The lowest BCUT2D eigenvalue weighted by Gasteiger charge is -2.09. The van der Waals surface area contributed by atoms with Crippen LogP contribution in [0.2, 0.25) is 0 Å². The van der Waals surface area contributed by atoms with Crippen molar-refractivity contribution in [3.05, 3.63) is 0 Å². The number of hydrogen-bond donors (Lipinski definition) is 0. The van der Waals surface area contributed by atoms with E-state index in [1.807, 2.05) is 0 Å². The standard InChI is InChI=1S/C18H34O3/c1-2-3-4-5-6-7-8-14-18(19)21-15-10-9-12-17-13-11-16-20-17/h17H,2-16H2,1H3. The molecule has 1 unspecified atom stereocenters. The average molecular weight is 298 g/mol. The number of carbonyl (C=O) groups excluding carboxylic acids is 1. The molecule has 21 heavy (non-hydrogen) atoms. The minimum absolute atomic E-state index is 0.0133. The molecule has 1 heterocycles. The van der Waals surface area contributed by atoms with Crippen LogP contribution in [0.3, 0.4) is 0 Å². The summed E-state index contributed by atoms with van der Waals surface area (Å²) in [5.41, 5.74) is 0. The first-order valence-electron chi connectivity index (χ1n) is 9.10. The third kappa shape index (κ3) is 10.8. The lowest BCUT2D eigenvalue weighted by molar-refractivity contribution is -0.143. The maximum absolute atomic E-state index is 11.6. The minimum Gasteiger partial charge on any atom is -0.466 e. The van der Waals surface area contributed by atoms with Gasteiger partial charge >= 0.3 is 5.97 Å². The van der Waals surface area contributed by atoms with Crippen molar-refractivity contribution in [1.82, 2.24) is 0 Å². The van der Waals surface area contributed by atoms with Gasteiger partial charge in [-0.3, -0.25) is 4.79 Å². The van der Waals surface area contributed by atoms with Gasteiger partial charge in [-0.05, 0) is 38.5 Å². The SMILES string of the molecule is CCCCCCCCCC(=O)OCCCCC1CCCO1. The van der Waals surface area contributed by atoms with Crippen LogP contribution >= 0.6 is 0 Å². The van der Waals surface area contributed by atoms with Gasteiger partial charge in [0.2, 0.25) is 0 Å². The second-order valence-electron chi connectivity index (χ2n) is 6.22. The molecule has 0 aromatic heterocycles. The molecule has 1 saturated heterocycles. The number of carbonyl (C=O) groups is 1. The lowest BCUT2D eigenvalue weighted by atomic mass is 10.1. The van der Waals surface area contributed by atoms with Gasteiger partial charge in [0.1, 0.15) is 0 Å². The summed E-state index contributed by atoms with van der Waals surface area (Å²) in [5, 5.41) is 0. The molecule has 1 aliphatic rings. The fraction of sp³-hybridized carbons (Fsp3) is 0.944. The molecule has 0 aromatic carbocycles. The molecule has 0 aromatic rings. The molecular formula is C18H34O3.